The Morgan fingerprint density at radius 3 is 2.55 bits per heavy atom. The minimum Gasteiger partial charge on any atom is -0.475 e. The zero-order valence-corrected chi connectivity index (χ0v) is 18.3. The van der Waals surface area contributed by atoms with Crippen molar-refractivity contribution in [2.75, 3.05) is 19.7 Å². The number of alkyl halides is 3. The van der Waals surface area contributed by atoms with E-state index in [-0.39, 0.29) is 17.6 Å². The lowest BCUT2D eigenvalue weighted by Crippen LogP contribution is -2.67. The number of hydrogen-bond donors (Lipinski definition) is 1. The predicted molar refractivity (Wildman–Crippen MR) is 110 cm³/mol. The maximum Gasteiger partial charge on any atom is 0.490 e. The summed E-state index contributed by atoms with van der Waals surface area (Å²) in [5.74, 6) is -2.69. The van der Waals surface area contributed by atoms with Crippen LogP contribution in [-0.2, 0) is 27.9 Å². The Morgan fingerprint density at radius 1 is 1.27 bits per heavy atom. The first-order valence-electron chi connectivity index (χ1n) is 10.4. The molecule has 2 aliphatic heterocycles. The van der Waals surface area contributed by atoms with E-state index in [4.69, 9.17) is 19.4 Å². The lowest BCUT2D eigenvalue weighted by Gasteiger charge is -2.52. The summed E-state index contributed by atoms with van der Waals surface area (Å²) in [5.41, 5.74) is 2.43. The molecule has 0 aliphatic carbocycles. The molecule has 1 N–H and O–H groups in total. The van der Waals surface area contributed by atoms with Crippen molar-refractivity contribution in [3.8, 4) is 0 Å². The van der Waals surface area contributed by atoms with Gasteiger partial charge < -0.3 is 24.0 Å². The van der Waals surface area contributed by atoms with Gasteiger partial charge in [-0.15, -0.1) is 0 Å². The van der Waals surface area contributed by atoms with Gasteiger partial charge in [-0.3, -0.25) is 9.78 Å². The van der Waals surface area contributed by atoms with Crippen LogP contribution in [0.1, 0.15) is 34.7 Å². The van der Waals surface area contributed by atoms with Gasteiger partial charge in [-0.05, 0) is 37.6 Å². The Kier molecular flexibility index (Phi) is 7.43. The number of aromatic nitrogens is 2. The topological polar surface area (TPSA) is 93.9 Å². The normalized spacial score (nSPS) is 19.4. The number of halogens is 3. The first-order valence-corrected chi connectivity index (χ1v) is 10.4. The highest BCUT2D eigenvalue weighted by molar-refractivity contribution is 5.93. The van der Waals surface area contributed by atoms with Gasteiger partial charge in [0.25, 0.3) is 5.91 Å². The number of pyridine rings is 1. The van der Waals surface area contributed by atoms with Gasteiger partial charge in [0.05, 0.1) is 31.5 Å². The molecule has 2 aromatic rings. The smallest absolute Gasteiger partial charge is 0.475 e. The summed E-state index contributed by atoms with van der Waals surface area (Å²) in [6.45, 7) is 4.46. The summed E-state index contributed by atoms with van der Waals surface area (Å²) < 4.78 is 45.7. The highest BCUT2D eigenvalue weighted by Gasteiger charge is 2.50. The van der Waals surface area contributed by atoms with Gasteiger partial charge >= 0.3 is 12.1 Å². The molecule has 2 fully saturated rings. The van der Waals surface area contributed by atoms with Crippen molar-refractivity contribution >= 4 is 11.9 Å². The third-order valence-corrected chi connectivity index (χ3v) is 5.51. The molecule has 0 radical (unpaired) electrons. The van der Waals surface area contributed by atoms with Crippen LogP contribution in [0.3, 0.4) is 0 Å². The quantitative estimate of drug-likeness (QED) is 0.740. The molecular weight excluding hydrogens is 443 g/mol. The van der Waals surface area contributed by atoms with E-state index in [2.05, 4.69) is 4.98 Å². The summed E-state index contributed by atoms with van der Waals surface area (Å²) >= 11 is 0. The molecule has 2 saturated heterocycles. The Labute approximate surface area is 188 Å². The second-order valence-electron chi connectivity index (χ2n) is 8.20. The minimum absolute atomic E-state index is 0.0683. The number of carbonyl (C=O) groups excluding carboxylic acids is 1. The Hall–Kier alpha value is -2.92. The van der Waals surface area contributed by atoms with Crippen LogP contribution in [0.4, 0.5) is 13.2 Å². The van der Waals surface area contributed by atoms with E-state index in [0.29, 0.717) is 32.0 Å². The number of amides is 1. The molecule has 2 aliphatic rings. The summed E-state index contributed by atoms with van der Waals surface area (Å²) in [4.78, 5) is 27.8. The van der Waals surface area contributed by atoms with Crippen molar-refractivity contribution < 1.29 is 37.3 Å². The second-order valence-corrected chi connectivity index (χ2v) is 8.20. The summed E-state index contributed by atoms with van der Waals surface area (Å²) in [5, 5.41) is 7.12. The predicted octanol–water partition coefficient (Wildman–Crippen LogP) is 2.95. The fourth-order valence-corrected chi connectivity index (χ4v) is 3.87. The first kappa shape index (κ1) is 24.7. The van der Waals surface area contributed by atoms with Gasteiger partial charge in [-0.2, -0.15) is 13.2 Å². The van der Waals surface area contributed by atoms with E-state index >= 15 is 0 Å². The number of likely N-dealkylation sites (tertiary alicyclic amines) is 1. The number of carbonyl (C=O) groups is 2. The van der Waals surface area contributed by atoms with Crippen LogP contribution in [0.5, 0.6) is 0 Å². The molecule has 11 heteroatoms. The number of ether oxygens (including phenoxy) is 2. The van der Waals surface area contributed by atoms with Crippen molar-refractivity contribution in [2.45, 2.75) is 44.3 Å². The molecule has 8 nitrogen and oxygen atoms in total. The zero-order chi connectivity index (χ0) is 24.2. The lowest BCUT2D eigenvalue weighted by atomic mass is 9.84. The van der Waals surface area contributed by atoms with Crippen LogP contribution in [0.2, 0.25) is 0 Å². The molecule has 1 unspecified atom stereocenters. The maximum absolute atomic E-state index is 12.6. The standard InChI is InChI=1S/C20H25N3O3.C2HF3O2/c1-15-5-3-6-16(21-15)12-25-17-8-10-26-20(11-17)13-23(14-20)19(24)18-7-4-9-22(18)2;3-2(4,5)1(6)7/h3-7,9,17H,8,10-14H2,1-2H3;(H,6,7). The fraction of sp³-hybridized carbons (Fsp3) is 0.500. The SMILES string of the molecule is Cc1cccc(COC2CCOC3(C2)CN(C(=O)c2cccn2C)C3)n1.O=C(O)C(F)(F)F. The largest absolute Gasteiger partial charge is 0.490 e. The minimum atomic E-state index is -5.08. The van der Waals surface area contributed by atoms with Crippen LogP contribution >= 0.6 is 0 Å². The van der Waals surface area contributed by atoms with E-state index < -0.39 is 12.1 Å². The Balaban J connectivity index is 0.000000383. The van der Waals surface area contributed by atoms with E-state index in [1.54, 1.807) is 0 Å². The van der Waals surface area contributed by atoms with Crippen LogP contribution in [0, 0.1) is 6.92 Å². The molecular formula is C22H26F3N3O5. The zero-order valence-electron chi connectivity index (χ0n) is 18.3. The van der Waals surface area contributed by atoms with Crippen molar-refractivity contribution in [3.05, 3.63) is 53.6 Å². The molecule has 0 bridgehead atoms. The number of aryl methyl sites for hydroxylation is 2. The van der Waals surface area contributed by atoms with Gasteiger partial charge in [0, 0.05) is 32.0 Å². The van der Waals surface area contributed by atoms with E-state index in [0.717, 1.165) is 24.2 Å². The van der Waals surface area contributed by atoms with Gasteiger partial charge in [0.1, 0.15) is 11.3 Å². The number of aliphatic carboxylic acids is 1. The molecule has 4 heterocycles. The molecule has 33 heavy (non-hydrogen) atoms. The fourth-order valence-electron chi connectivity index (χ4n) is 3.87. The maximum atomic E-state index is 12.6. The lowest BCUT2D eigenvalue weighted by molar-refractivity contribution is -0.192. The van der Waals surface area contributed by atoms with Crippen molar-refractivity contribution in [2.24, 2.45) is 7.05 Å². The third-order valence-electron chi connectivity index (χ3n) is 5.51. The van der Waals surface area contributed by atoms with Crippen LogP contribution in [0.25, 0.3) is 0 Å². The van der Waals surface area contributed by atoms with Crippen molar-refractivity contribution in [1.82, 2.24) is 14.5 Å². The Bertz CT molecular complexity index is 986. The first-order chi connectivity index (χ1) is 15.5. The molecule has 180 valence electrons. The number of carboxylic acid groups (broad SMARTS) is 1. The molecule has 1 spiro atoms. The van der Waals surface area contributed by atoms with Crippen molar-refractivity contribution in [3.63, 3.8) is 0 Å². The van der Waals surface area contributed by atoms with E-state index in [9.17, 15) is 18.0 Å². The van der Waals surface area contributed by atoms with Crippen molar-refractivity contribution in [1.29, 1.82) is 0 Å². The average molecular weight is 469 g/mol. The molecule has 0 saturated carbocycles. The highest BCUT2D eigenvalue weighted by Crippen LogP contribution is 2.36. The highest BCUT2D eigenvalue weighted by atomic mass is 19.4. The summed E-state index contributed by atoms with van der Waals surface area (Å²) in [6, 6.07) is 9.73. The van der Waals surface area contributed by atoms with E-state index in [1.165, 1.54) is 0 Å². The van der Waals surface area contributed by atoms with Crippen LogP contribution in [0.15, 0.2) is 36.5 Å². The molecule has 4 rings (SSSR count). The van der Waals surface area contributed by atoms with Gasteiger partial charge in [-0.1, -0.05) is 6.07 Å². The van der Waals surface area contributed by atoms with Gasteiger partial charge in [0.15, 0.2) is 0 Å². The van der Waals surface area contributed by atoms with Gasteiger partial charge in [-0.25, -0.2) is 4.79 Å². The monoisotopic (exact) mass is 469 g/mol. The molecule has 0 aromatic carbocycles. The number of carboxylic acids is 1. The molecule has 2 aromatic heterocycles. The number of hydrogen-bond acceptors (Lipinski definition) is 5. The van der Waals surface area contributed by atoms with E-state index in [1.807, 2.05) is 60.0 Å². The summed E-state index contributed by atoms with van der Waals surface area (Å²) in [7, 11) is 1.89. The number of rotatable bonds is 4. The van der Waals surface area contributed by atoms with Crippen LogP contribution < -0.4 is 0 Å². The second kappa shape index (κ2) is 9.92. The summed E-state index contributed by atoms with van der Waals surface area (Å²) in [6.07, 6.45) is -1.32. The molecule has 1 atom stereocenters. The van der Waals surface area contributed by atoms with Crippen LogP contribution in [-0.4, -0.2) is 69.0 Å². The Morgan fingerprint density at radius 2 is 1.97 bits per heavy atom. The third kappa shape index (κ3) is 6.32. The number of nitrogens with zero attached hydrogens (tertiary/aromatic N) is 3. The average Bonchev–Trinajstić information content (AvgIpc) is 3.16. The van der Waals surface area contributed by atoms with Gasteiger partial charge in [0.2, 0.25) is 0 Å². The molecule has 1 amide bonds.